The lowest BCUT2D eigenvalue weighted by molar-refractivity contribution is 0.279. The monoisotopic (exact) mass is 203 g/mol. The van der Waals surface area contributed by atoms with Gasteiger partial charge in [-0.2, -0.15) is 12.6 Å². The minimum absolute atomic E-state index is 0.773. The Morgan fingerprint density at radius 3 is 2.38 bits per heavy atom. The highest BCUT2D eigenvalue weighted by Gasteiger charge is 2.06. The second-order valence-electron chi connectivity index (χ2n) is 3.93. The highest BCUT2D eigenvalue weighted by Crippen LogP contribution is 2.07. The summed E-state index contributed by atoms with van der Waals surface area (Å²) in [7, 11) is 2.22. The topological polar surface area (TPSA) is 3.24 Å². The Kier molecular flexibility index (Phi) is 9.10. The van der Waals surface area contributed by atoms with Gasteiger partial charge in [0.1, 0.15) is 0 Å². The standard InChI is InChI=1S/C11H25NS/c1-4-6-7-8-12(3)9-11(5-2)10-13/h11,13H,4-10H2,1-3H3. The van der Waals surface area contributed by atoms with Crippen LogP contribution < -0.4 is 0 Å². The van der Waals surface area contributed by atoms with Gasteiger partial charge in [-0.1, -0.05) is 33.1 Å². The zero-order valence-electron chi connectivity index (χ0n) is 9.42. The number of hydrogen-bond donors (Lipinski definition) is 1. The number of nitrogens with zero attached hydrogens (tertiary/aromatic N) is 1. The van der Waals surface area contributed by atoms with Gasteiger partial charge in [0.15, 0.2) is 0 Å². The lowest BCUT2D eigenvalue weighted by Crippen LogP contribution is -2.27. The number of rotatable bonds is 8. The van der Waals surface area contributed by atoms with Gasteiger partial charge < -0.3 is 4.90 Å². The minimum Gasteiger partial charge on any atom is -0.306 e. The van der Waals surface area contributed by atoms with Crippen molar-refractivity contribution in [3.05, 3.63) is 0 Å². The van der Waals surface area contributed by atoms with Crippen LogP contribution in [0.3, 0.4) is 0 Å². The van der Waals surface area contributed by atoms with Gasteiger partial charge in [-0.25, -0.2) is 0 Å². The van der Waals surface area contributed by atoms with E-state index in [9.17, 15) is 0 Å². The first kappa shape index (κ1) is 13.3. The number of hydrogen-bond acceptors (Lipinski definition) is 2. The SMILES string of the molecule is CCCCCN(C)CC(CC)CS. The Hall–Kier alpha value is 0.310. The molecule has 0 spiro atoms. The van der Waals surface area contributed by atoms with Crippen molar-refractivity contribution in [3.8, 4) is 0 Å². The van der Waals surface area contributed by atoms with E-state index in [4.69, 9.17) is 0 Å². The molecule has 13 heavy (non-hydrogen) atoms. The third-order valence-corrected chi connectivity index (χ3v) is 3.07. The molecule has 0 rings (SSSR count). The number of unbranched alkanes of at least 4 members (excludes halogenated alkanes) is 2. The fraction of sp³-hybridized carbons (Fsp3) is 1.00. The summed E-state index contributed by atoms with van der Waals surface area (Å²) in [6, 6.07) is 0. The predicted molar refractivity (Wildman–Crippen MR) is 64.7 cm³/mol. The molecule has 0 saturated carbocycles. The molecule has 1 unspecified atom stereocenters. The molecule has 0 aliphatic heterocycles. The fourth-order valence-electron chi connectivity index (χ4n) is 1.48. The van der Waals surface area contributed by atoms with Crippen molar-refractivity contribution in [3.63, 3.8) is 0 Å². The van der Waals surface area contributed by atoms with Crippen molar-refractivity contribution in [2.45, 2.75) is 39.5 Å². The molecule has 80 valence electrons. The second kappa shape index (κ2) is 8.89. The third kappa shape index (κ3) is 7.39. The van der Waals surface area contributed by atoms with Crippen molar-refractivity contribution in [1.82, 2.24) is 4.90 Å². The van der Waals surface area contributed by atoms with Crippen molar-refractivity contribution in [2.75, 3.05) is 25.9 Å². The van der Waals surface area contributed by atoms with E-state index in [-0.39, 0.29) is 0 Å². The molecule has 0 N–H and O–H groups in total. The molecule has 0 aromatic carbocycles. The summed E-state index contributed by atoms with van der Waals surface area (Å²) < 4.78 is 0. The smallest absolute Gasteiger partial charge is 0.00143 e. The summed E-state index contributed by atoms with van der Waals surface area (Å²) in [5.41, 5.74) is 0. The normalized spacial score (nSPS) is 13.6. The summed E-state index contributed by atoms with van der Waals surface area (Å²) in [6.45, 7) is 6.96. The van der Waals surface area contributed by atoms with Crippen LogP contribution in [0.4, 0.5) is 0 Å². The van der Waals surface area contributed by atoms with E-state index in [2.05, 4.69) is 38.4 Å². The van der Waals surface area contributed by atoms with Gasteiger partial charge >= 0.3 is 0 Å². The zero-order chi connectivity index (χ0) is 10.1. The maximum atomic E-state index is 4.35. The fourth-order valence-corrected chi connectivity index (χ4v) is 1.85. The van der Waals surface area contributed by atoms with Crippen molar-refractivity contribution in [2.24, 2.45) is 5.92 Å². The van der Waals surface area contributed by atoms with E-state index < -0.39 is 0 Å². The molecule has 0 aromatic heterocycles. The molecule has 0 heterocycles. The van der Waals surface area contributed by atoms with Crippen LogP contribution in [0.15, 0.2) is 0 Å². The maximum Gasteiger partial charge on any atom is 0.00143 e. The van der Waals surface area contributed by atoms with E-state index in [0.29, 0.717) is 0 Å². The van der Waals surface area contributed by atoms with Crippen molar-refractivity contribution >= 4 is 12.6 Å². The lowest BCUT2D eigenvalue weighted by Gasteiger charge is -2.21. The van der Waals surface area contributed by atoms with Crippen LogP contribution in [0.2, 0.25) is 0 Å². The van der Waals surface area contributed by atoms with Crippen LogP contribution in [0.25, 0.3) is 0 Å². The van der Waals surface area contributed by atoms with Crippen LogP contribution >= 0.6 is 12.6 Å². The first-order chi connectivity index (χ1) is 6.24. The molecule has 0 aliphatic carbocycles. The van der Waals surface area contributed by atoms with Gasteiger partial charge in [0.05, 0.1) is 0 Å². The van der Waals surface area contributed by atoms with Crippen LogP contribution in [0.5, 0.6) is 0 Å². The highest BCUT2D eigenvalue weighted by molar-refractivity contribution is 7.80. The summed E-state index contributed by atoms with van der Waals surface area (Å²) in [5.74, 6) is 1.80. The summed E-state index contributed by atoms with van der Waals surface area (Å²) >= 11 is 4.35. The number of thiol groups is 1. The summed E-state index contributed by atoms with van der Waals surface area (Å²) in [5, 5.41) is 0. The Morgan fingerprint density at radius 1 is 1.23 bits per heavy atom. The average Bonchev–Trinajstić information content (AvgIpc) is 2.14. The first-order valence-electron chi connectivity index (χ1n) is 5.53. The molecule has 0 fully saturated rings. The van der Waals surface area contributed by atoms with Gasteiger partial charge in [0.2, 0.25) is 0 Å². The largest absolute Gasteiger partial charge is 0.306 e. The van der Waals surface area contributed by atoms with E-state index in [1.807, 2.05) is 0 Å². The quantitative estimate of drug-likeness (QED) is 0.469. The third-order valence-electron chi connectivity index (χ3n) is 2.55. The van der Waals surface area contributed by atoms with E-state index in [0.717, 1.165) is 11.7 Å². The average molecular weight is 203 g/mol. The lowest BCUT2D eigenvalue weighted by atomic mass is 10.1. The van der Waals surface area contributed by atoms with E-state index >= 15 is 0 Å². The molecule has 0 aliphatic rings. The van der Waals surface area contributed by atoms with E-state index in [1.165, 1.54) is 38.8 Å². The molecule has 0 saturated heterocycles. The Labute approximate surface area is 89.3 Å². The molecule has 0 radical (unpaired) electrons. The van der Waals surface area contributed by atoms with Gasteiger partial charge in [-0.3, -0.25) is 0 Å². The Morgan fingerprint density at radius 2 is 1.92 bits per heavy atom. The van der Waals surface area contributed by atoms with Crippen LogP contribution in [0, 0.1) is 5.92 Å². The van der Waals surface area contributed by atoms with Gasteiger partial charge in [0.25, 0.3) is 0 Å². The maximum absolute atomic E-state index is 4.35. The summed E-state index contributed by atoms with van der Waals surface area (Å²) in [6.07, 6.45) is 5.28. The first-order valence-corrected chi connectivity index (χ1v) is 6.17. The van der Waals surface area contributed by atoms with Crippen LogP contribution in [-0.4, -0.2) is 30.8 Å². The van der Waals surface area contributed by atoms with Crippen LogP contribution in [-0.2, 0) is 0 Å². The van der Waals surface area contributed by atoms with Crippen molar-refractivity contribution < 1.29 is 0 Å². The zero-order valence-corrected chi connectivity index (χ0v) is 10.3. The van der Waals surface area contributed by atoms with Crippen LogP contribution in [0.1, 0.15) is 39.5 Å². The van der Waals surface area contributed by atoms with Gasteiger partial charge in [-0.15, -0.1) is 0 Å². The Bertz CT molecular complexity index is 102. The molecule has 0 aromatic rings. The predicted octanol–water partition coefficient (Wildman–Crippen LogP) is 3.06. The summed E-state index contributed by atoms with van der Waals surface area (Å²) in [4.78, 5) is 2.44. The highest BCUT2D eigenvalue weighted by atomic mass is 32.1. The van der Waals surface area contributed by atoms with Gasteiger partial charge in [0, 0.05) is 6.54 Å². The second-order valence-corrected chi connectivity index (χ2v) is 4.29. The molecular weight excluding hydrogens is 178 g/mol. The molecular formula is C11H25NS. The molecule has 0 amide bonds. The molecule has 0 bridgehead atoms. The van der Waals surface area contributed by atoms with E-state index in [1.54, 1.807) is 0 Å². The molecule has 1 nitrogen and oxygen atoms in total. The minimum atomic E-state index is 0.773. The van der Waals surface area contributed by atoms with Crippen molar-refractivity contribution in [1.29, 1.82) is 0 Å². The molecule has 1 atom stereocenters. The van der Waals surface area contributed by atoms with Gasteiger partial charge in [-0.05, 0) is 31.7 Å². The Balaban J connectivity index is 3.42. The molecule has 2 heteroatoms.